The zero-order valence-electron chi connectivity index (χ0n) is 22.4. The first-order valence-electron chi connectivity index (χ1n) is 13.3. The molecule has 2 heterocycles. The van der Waals surface area contributed by atoms with Crippen molar-refractivity contribution in [1.29, 1.82) is 0 Å². The largest absolute Gasteiger partial charge is 0.493 e. The molecular weight excluding hydrogens is 454 g/mol. The second-order valence-corrected chi connectivity index (χ2v) is 10.8. The summed E-state index contributed by atoms with van der Waals surface area (Å²) in [6.45, 7) is 8.77. The Morgan fingerprint density at radius 2 is 1.92 bits per heavy atom. The molecule has 1 fully saturated rings. The summed E-state index contributed by atoms with van der Waals surface area (Å²) in [4.78, 5) is 11.7. The van der Waals surface area contributed by atoms with Crippen molar-refractivity contribution in [3.63, 3.8) is 0 Å². The number of aliphatic hydroxyl groups is 1. The number of nitrogens with zero attached hydrogens (tertiary/aromatic N) is 1. The Hall–Kier alpha value is -2.19. The van der Waals surface area contributed by atoms with Gasteiger partial charge in [-0.1, -0.05) is 32.9 Å². The molecule has 0 radical (unpaired) electrons. The molecule has 2 N–H and O–H groups in total. The smallest absolute Gasteiger partial charge is 0.150 e. The molecule has 2 aliphatic heterocycles. The van der Waals surface area contributed by atoms with Crippen molar-refractivity contribution in [2.45, 2.75) is 70.2 Å². The molecule has 1 saturated heterocycles. The molecule has 2 aromatic carbocycles. The van der Waals surface area contributed by atoms with Crippen molar-refractivity contribution < 1.29 is 24.4 Å². The molecule has 194 valence electrons. The van der Waals surface area contributed by atoms with Crippen LogP contribution in [0.3, 0.4) is 0 Å². The summed E-state index contributed by atoms with van der Waals surface area (Å²) in [7, 11) is 3.50. The molecule has 1 unspecified atom stereocenters. The van der Waals surface area contributed by atoms with Crippen LogP contribution in [0.4, 0.5) is 5.69 Å². The summed E-state index contributed by atoms with van der Waals surface area (Å²) in [5, 5.41) is 11.6. The van der Waals surface area contributed by atoms with Gasteiger partial charge in [0.1, 0.15) is 21.4 Å². The number of aryl methyl sites for hydroxylation is 1. The van der Waals surface area contributed by atoms with Gasteiger partial charge >= 0.3 is 0 Å². The van der Waals surface area contributed by atoms with E-state index in [4.69, 9.17) is 19.2 Å². The van der Waals surface area contributed by atoms with Crippen LogP contribution in [-0.2, 0) is 21.5 Å². The van der Waals surface area contributed by atoms with Crippen molar-refractivity contribution in [1.82, 2.24) is 5.64 Å². The average Bonchev–Trinajstić information content (AvgIpc) is 2.87. The van der Waals surface area contributed by atoms with E-state index < -0.39 is 5.40 Å². The monoisotopic (exact) mass is 494 g/mol. The zero-order chi connectivity index (χ0) is 25.7. The zero-order valence-corrected chi connectivity index (χ0v) is 22.4. The number of nitrogens with one attached hydrogen (secondary N) is 1. The lowest BCUT2D eigenvalue weighted by atomic mass is 9.61. The van der Waals surface area contributed by atoms with E-state index >= 15 is 0 Å². The van der Waals surface area contributed by atoms with E-state index in [1.165, 1.54) is 11.1 Å². The highest BCUT2D eigenvalue weighted by Gasteiger charge is 2.28. The molecule has 2 aromatic rings. The van der Waals surface area contributed by atoms with Gasteiger partial charge in [-0.15, -0.1) is 4.94 Å². The van der Waals surface area contributed by atoms with E-state index in [0.29, 0.717) is 35.5 Å². The molecule has 0 aromatic heterocycles. The molecule has 0 saturated carbocycles. The summed E-state index contributed by atoms with van der Waals surface area (Å²) in [6, 6.07) is 12.3. The maximum Gasteiger partial charge on any atom is 0.150 e. The Morgan fingerprint density at radius 3 is 2.61 bits per heavy atom. The summed E-state index contributed by atoms with van der Waals surface area (Å²) in [5.74, 6) is 2.16. The highest BCUT2D eigenvalue weighted by Crippen LogP contribution is 2.35. The van der Waals surface area contributed by atoms with Gasteiger partial charge in [-0.3, -0.25) is 0 Å². The fourth-order valence-corrected chi connectivity index (χ4v) is 4.91. The van der Waals surface area contributed by atoms with Gasteiger partial charge in [0.15, 0.2) is 5.75 Å². The first-order chi connectivity index (χ1) is 17.3. The third kappa shape index (κ3) is 6.57. The normalized spacial score (nSPS) is 18.8. The van der Waals surface area contributed by atoms with E-state index in [-0.39, 0.29) is 6.04 Å². The highest BCUT2D eigenvalue weighted by molar-refractivity contribution is 6.38. The van der Waals surface area contributed by atoms with E-state index in [0.717, 1.165) is 51.0 Å². The SMILES string of the molecule is BC(B)(O)c1cc(ONON2c3ccc(C(C)C)cc3CCC2CC)ccc1OCC1CCOCC1. The number of hydrogen-bond acceptors (Lipinski definition) is 7. The van der Waals surface area contributed by atoms with Crippen molar-refractivity contribution in [3.05, 3.63) is 53.1 Å². The standard InChI is InChI=1S/C27H40B2N2O5/c1-4-22-7-5-21-15-20(18(2)3)6-9-25(21)31(22)36-30-35-23-8-10-26(24(16-23)27(28,29)32)34-17-19-11-13-33-14-12-19/h6,8-10,15-16,18-19,22,30,32H,4-5,7,11-14,17,28-29H2,1-3H3. The van der Waals surface area contributed by atoms with Crippen molar-refractivity contribution in [3.8, 4) is 11.5 Å². The molecule has 2 aliphatic rings. The number of benzene rings is 2. The number of fused-ring (bicyclic) bond motifs is 1. The minimum Gasteiger partial charge on any atom is -0.493 e. The molecule has 4 rings (SSSR count). The van der Waals surface area contributed by atoms with E-state index in [1.807, 2.05) is 17.2 Å². The van der Waals surface area contributed by atoms with E-state index in [1.54, 1.807) is 21.8 Å². The maximum atomic E-state index is 10.8. The predicted octanol–water partition coefficient (Wildman–Crippen LogP) is 2.95. The predicted molar refractivity (Wildman–Crippen MR) is 147 cm³/mol. The molecule has 0 spiro atoms. The number of anilines is 1. The third-order valence-corrected chi connectivity index (χ3v) is 7.28. The number of hydrogen-bond donors (Lipinski definition) is 2. The van der Waals surface area contributed by atoms with Crippen LogP contribution < -0.4 is 20.3 Å². The first-order valence-corrected chi connectivity index (χ1v) is 13.3. The Balaban J connectivity index is 1.42. The number of hydroxylamine groups is 1. The average molecular weight is 494 g/mol. The topological polar surface area (TPSA) is 72.4 Å². The fraction of sp³-hybridized carbons (Fsp3) is 0.556. The molecule has 0 aliphatic carbocycles. The minimum atomic E-state index is -1.08. The molecule has 36 heavy (non-hydrogen) atoms. The van der Waals surface area contributed by atoms with E-state index in [2.05, 4.69) is 44.6 Å². The summed E-state index contributed by atoms with van der Waals surface area (Å²) < 4.78 is 11.6. The lowest BCUT2D eigenvalue weighted by Gasteiger charge is -2.36. The van der Waals surface area contributed by atoms with Crippen molar-refractivity contribution >= 4 is 21.4 Å². The van der Waals surface area contributed by atoms with Crippen molar-refractivity contribution in [2.75, 3.05) is 24.9 Å². The third-order valence-electron chi connectivity index (χ3n) is 7.28. The Labute approximate surface area is 217 Å². The number of rotatable bonds is 10. The molecule has 9 heteroatoms. The van der Waals surface area contributed by atoms with Crippen LogP contribution in [-0.4, -0.2) is 46.7 Å². The molecule has 7 nitrogen and oxygen atoms in total. The van der Waals surface area contributed by atoms with Crippen LogP contribution in [0.5, 0.6) is 11.5 Å². The summed E-state index contributed by atoms with van der Waals surface area (Å²) in [5.41, 5.74) is 7.06. The summed E-state index contributed by atoms with van der Waals surface area (Å²) in [6.07, 6.45) is 5.03. The van der Waals surface area contributed by atoms with Crippen LogP contribution in [0.25, 0.3) is 0 Å². The quantitative estimate of drug-likeness (QED) is 0.389. The minimum absolute atomic E-state index is 0.256. The Kier molecular flexibility index (Phi) is 8.88. The van der Waals surface area contributed by atoms with Crippen LogP contribution in [0, 0.1) is 5.92 Å². The molecular formula is C27H40B2N2O5. The van der Waals surface area contributed by atoms with Gasteiger partial charge in [-0.05, 0) is 85.0 Å². The first kappa shape index (κ1) is 26.9. The second kappa shape index (κ2) is 11.9. The number of ether oxygens (including phenoxy) is 2. The van der Waals surface area contributed by atoms with Gasteiger partial charge in [-0.2, -0.15) is 0 Å². The Bertz CT molecular complexity index is 1010. The lowest BCUT2D eigenvalue weighted by Crippen LogP contribution is -2.43. The lowest BCUT2D eigenvalue weighted by molar-refractivity contribution is -0.128. The maximum absolute atomic E-state index is 10.8. The molecule has 0 amide bonds. The van der Waals surface area contributed by atoms with Gasteiger partial charge in [-0.25, -0.2) is 5.06 Å². The van der Waals surface area contributed by atoms with Crippen LogP contribution in [0.15, 0.2) is 36.4 Å². The van der Waals surface area contributed by atoms with Crippen LogP contribution in [0.2, 0.25) is 0 Å². The molecule has 1 atom stereocenters. The second-order valence-electron chi connectivity index (χ2n) is 10.8. The molecule has 0 bridgehead atoms. The fourth-order valence-electron chi connectivity index (χ4n) is 4.91. The van der Waals surface area contributed by atoms with Crippen LogP contribution in [0.1, 0.15) is 69.1 Å². The van der Waals surface area contributed by atoms with Gasteiger partial charge in [0.2, 0.25) is 0 Å². The summed E-state index contributed by atoms with van der Waals surface area (Å²) >= 11 is 0. The Morgan fingerprint density at radius 1 is 1.14 bits per heavy atom. The van der Waals surface area contributed by atoms with Crippen molar-refractivity contribution in [2.24, 2.45) is 5.92 Å². The van der Waals surface area contributed by atoms with Gasteiger partial charge in [0.05, 0.1) is 18.3 Å². The van der Waals surface area contributed by atoms with Crippen LogP contribution >= 0.6 is 0 Å². The van der Waals surface area contributed by atoms with Gasteiger partial charge in [0, 0.05) is 24.2 Å². The highest BCUT2D eigenvalue weighted by atomic mass is 17.0. The van der Waals surface area contributed by atoms with Gasteiger partial charge in [0.25, 0.3) is 0 Å². The van der Waals surface area contributed by atoms with Gasteiger partial charge < -0.3 is 19.4 Å². The van der Waals surface area contributed by atoms with E-state index in [9.17, 15) is 5.11 Å².